The molecule has 0 bridgehead atoms. The molecule has 0 spiro atoms. The summed E-state index contributed by atoms with van der Waals surface area (Å²) in [5.74, 6) is -0.504. The molecule has 2 aromatic rings. The van der Waals surface area contributed by atoms with Gasteiger partial charge < -0.3 is 9.64 Å². The van der Waals surface area contributed by atoms with E-state index in [0.29, 0.717) is 6.42 Å². The zero-order valence-corrected chi connectivity index (χ0v) is 16.4. The van der Waals surface area contributed by atoms with Gasteiger partial charge in [-0.2, -0.15) is 0 Å². The SMILES string of the molecule is [N-]=[N+]=NC[C@H]1CC(c2ccc(N3CCN(Cc4ccccc4)CC3)cc2)C(=O)O1. The minimum Gasteiger partial charge on any atom is -0.462 e. The number of carbonyl (C=O) groups is 1. The summed E-state index contributed by atoms with van der Waals surface area (Å²) < 4.78 is 5.32. The molecule has 150 valence electrons. The Morgan fingerprint density at radius 2 is 1.76 bits per heavy atom. The second kappa shape index (κ2) is 8.99. The van der Waals surface area contributed by atoms with Gasteiger partial charge in [0.1, 0.15) is 6.10 Å². The van der Waals surface area contributed by atoms with Crippen molar-refractivity contribution in [2.75, 3.05) is 37.6 Å². The normalized spacial score (nSPS) is 22.2. The molecule has 0 aliphatic carbocycles. The Morgan fingerprint density at radius 3 is 2.45 bits per heavy atom. The van der Waals surface area contributed by atoms with Crippen molar-refractivity contribution in [3.05, 3.63) is 76.2 Å². The molecule has 0 N–H and O–H groups in total. The molecule has 2 aliphatic heterocycles. The Morgan fingerprint density at radius 1 is 1.03 bits per heavy atom. The van der Waals surface area contributed by atoms with E-state index in [1.54, 1.807) is 0 Å². The van der Waals surface area contributed by atoms with E-state index in [2.05, 4.69) is 62.3 Å². The van der Waals surface area contributed by atoms with Gasteiger partial charge in [-0.3, -0.25) is 9.69 Å². The van der Waals surface area contributed by atoms with Crippen molar-refractivity contribution in [3.63, 3.8) is 0 Å². The number of carbonyl (C=O) groups excluding carboxylic acids is 1. The average molecular weight is 391 g/mol. The smallest absolute Gasteiger partial charge is 0.313 e. The molecule has 7 nitrogen and oxygen atoms in total. The second-order valence-corrected chi connectivity index (χ2v) is 7.60. The summed E-state index contributed by atoms with van der Waals surface area (Å²) in [6, 6.07) is 18.8. The van der Waals surface area contributed by atoms with Gasteiger partial charge in [0, 0.05) is 49.7 Å². The van der Waals surface area contributed by atoms with Crippen LogP contribution in [-0.4, -0.2) is 49.7 Å². The molecule has 29 heavy (non-hydrogen) atoms. The predicted octanol–water partition coefficient (Wildman–Crippen LogP) is 3.72. The van der Waals surface area contributed by atoms with Crippen LogP contribution >= 0.6 is 0 Å². The molecule has 2 aromatic carbocycles. The van der Waals surface area contributed by atoms with Crippen molar-refractivity contribution in [2.24, 2.45) is 5.11 Å². The summed E-state index contributed by atoms with van der Waals surface area (Å²) in [6.45, 7) is 5.25. The third-order valence-corrected chi connectivity index (χ3v) is 5.70. The number of hydrogen-bond donors (Lipinski definition) is 0. The largest absolute Gasteiger partial charge is 0.462 e. The van der Waals surface area contributed by atoms with E-state index in [-0.39, 0.29) is 24.5 Å². The van der Waals surface area contributed by atoms with Gasteiger partial charge in [-0.1, -0.05) is 47.6 Å². The number of esters is 1. The van der Waals surface area contributed by atoms with Gasteiger partial charge in [-0.25, -0.2) is 0 Å². The van der Waals surface area contributed by atoms with Crippen LogP contribution in [0.25, 0.3) is 10.4 Å². The van der Waals surface area contributed by atoms with Gasteiger partial charge >= 0.3 is 5.97 Å². The van der Waals surface area contributed by atoms with Crippen LogP contribution in [0.3, 0.4) is 0 Å². The van der Waals surface area contributed by atoms with Crippen molar-refractivity contribution in [1.82, 2.24) is 4.90 Å². The molecule has 2 saturated heterocycles. The fraction of sp³-hybridized carbons (Fsp3) is 0.409. The maximum atomic E-state index is 12.1. The lowest BCUT2D eigenvalue weighted by molar-refractivity contribution is -0.142. The van der Waals surface area contributed by atoms with Crippen molar-refractivity contribution in [1.29, 1.82) is 0 Å². The number of cyclic esters (lactones) is 1. The highest BCUT2D eigenvalue weighted by molar-refractivity contribution is 5.80. The third kappa shape index (κ3) is 4.70. The fourth-order valence-corrected chi connectivity index (χ4v) is 4.09. The summed E-state index contributed by atoms with van der Waals surface area (Å²) in [4.78, 5) is 19.8. The summed E-state index contributed by atoms with van der Waals surface area (Å²) >= 11 is 0. The van der Waals surface area contributed by atoms with Crippen molar-refractivity contribution in [3.8, 4) is 0 Å². The molecule has 2 heterocycles. The lowest BCUT2D eigenvalue weighted by atomic mass is 9.95. The molecule has 4 rings (SSSR count). The van der Waals surface area contributed by atoms with Gasteiger partial charge in [-0.15, -0.1) is 0 Å². The number of nitrogens with zero attached hydrogens (tertiary/aromatic N) is 5. The van der Waals surface area contributed by atoms with E-state index in [1.807, 2.05) is 12.1 Å². The topological polar surface area (TPSA) is 81.5 Å². The molecule has 0 radical (unpaired) electrons. The lowest BCUT2D eigenvalue weighted by Gasteiger charge is -2.36. The maximum absolute atomic E-state index is 12.1. The maximum Gasteiger partial charge on any atom is 0.313 e. The molecule has 2 aliphatic rings. The number of benzene rings is 2. The van der Waals surface area contributed by atoms with Gasteiger partial charge in [0.05, 0.1) is 12.5 Å². The Bertz CT molecular complexity index is 872. The quantitative estimate of drug-likeness (QED) is 0.325. The highest BCUT2D eigenvalue weighted by atomic mass is 16.6. The Kier molecular flexibility index (Phi) is 5.98. The van der Waals surface area contributed by atoms with E-state index in [1.165, 1.54) is 11.3 Å². The number of ether oxygens (including phenoxy) is 1. The standard InChI is InChI=1S/C22H25N5O2/c23-25-24-15-20-14-21(22(28)29-20)18-6-8-19(9-7-18)27-12-10-26(11-13-27)16-17-4-2-1-3-5-17/h1-9,20-21H,10-16H2/t20-,21?/m1/s1. The zero-order valence-electron chi connectivity index (χ0n) is 16.4. The first-order chi connectivity index (χ1) is 14.2. The van der Waals surface area contributed by atoms with Crippen LogP contribution in [0.1, 0.15) is 23.5 Å². The van der Waals surface area contributed by atoms with Gasteiger partial charge in [0.2, 0.25) is 0 Å². The van der Waals surface area contributed by atoms with E-state index in [4.69, 9.17) is 10.3 Å². The van der Waals surface area contributed by atoms with E-state index in [0.717, 1.165) is 38.3 Å². The first-order valence-corrected chi connectivity index (χ1v) is 10.1. The Hall–Kier alpha value is -3.02. The second-order valence-electron chi connectivity index (χ2n) is 7.60. The van der Waals surface area contributed by atoms with Gasteiger partial charge in [-0.05, 0) is 28.8 Å². The van der Waals surface area contributed by atoms with E-state index >= 15 is 0 Å². The van der Waals surface area contributed by atoms with E-state index in [9.17, 15) is 4.79 Å². The number of anilines is 1. The van der Waals surface area contributed by atoms with Crippen LogP contribution < -0.4 is 4.90 Å². The lowest BCUT2D eigenvalue weighted by Crippen LogP contribution is -2.45. The number of rotatable bonds is 6. The highest BCUT2D eigenvalue weighted by Gasteiger charge is 2.35. The summed E-state index contributed by atoms with van der Waals surface area (Å²) in [5, 5.41) is 3.52. The fourth-order valence-electron chi connectivity index (χ4n) is 4.09. The molecule has 2 fully saturated rings. The molecule has 0 amide bonds. The monoisotopic (exact) mass is 391 g/mol. The molecule has 1 unspecified atom stereocenters. The Labute approximate surface area is 170 Å². The van der Waals surface area contributed by atoms with Crippen LogP contribution in [0.5, 0.6) is 0 Å². The predicted molar refractivity (Wildman–Crippen MR) is 112 cm³/mol. The van der Waals surface area contributed by atoms with Crippen LogP contribution in [-0.2, 0) is 16.1 Å². The first kappa shape index (κ1) is 19.3. The molecule has 7 heteroatoms. The minimum absolute atomic E-state index is 0.198. The van der Waals surface area contributed by atoms with Gasteiger partial charge in [0.25, 0.3) is 0 Å². The van der Waals surface area contributed by atoms with Crippen LogP contribution in [0.2, 0.25) is 0 Å². The number of azide groups is 1. The van der Waals surface area contributed by atoms with Crippen molar-refractivity contribution in [2.45, 2.75) is 25.0 Å². The zero-order chi connectivity index (χ0) is 20.1. The van der Waals surface area contributed by atoms with Crippen molar-refractivity contribution < 1.29 is 9.53 Å². The molecular formula is C22H25N5O2. The molecular weight excluding hydrogens is 366 g/mol. The third-order valence-electron chi connectivity index (χ3n) is 5.70. The van der Waals surface area contributed by atoms with E-state index < -0.39 is 0 Å². The van der Waals surface area contributed by atoms with Crippen LogP contribution in [0, 0.1) is 0 Å². The molecule has 2 atom stereocenters. The number of hydrogen-bond acceptors (Lipinski definition) is 5. The van der Waals surface area contributed by atoms with Crippen molar-refractivity contribution >= 4 is 11.7 Å². The summed E-state index contributed by atoms with van der Waals surface area (Å²) in [5.41, 5.74) is 11.9. The number of piperazine rings is 1. The molecule has 0 saturated carbocycles. The average Bonchev–Trinajstić information content (AvgIpc) is 3.14. The highest BCUT2D eigenvalue weighted by Crippen LogP contribution is 2.32. The van der Waals surface area contributed by atoms with Crippen LogP contribution in [0.4, 0.5) is 5.69 Å². The summed E-state index contributed by atoms with van der Waals surface area (Å²) in [6.07, 6.45) is 0.246. The summed E-state index contributed by atoms with van der Waals surface area (Å²) in [7, 11) is 0. The minimum atomic E-state index is -0.319. The van der Waals surface area contributed by atoms with Crippen LogP contribution in [0.15, 0.2) is 59.7 Å². The Balaban J connectivity index is 1.32. The first-order valence-electron chi connectivity index (χ1n) is 10.1. The van der Waals surface area contributed by atoms with Gasteiger partial charge in [0.15, 0.2) is 0 Å². The molecule has 0 aromatic heterocycles.